The van der Waals surface area contributed by atoms with Crippen molar-refractivity contribution in [2.24, 2.45) is 17.8 Å². The van der Waals surface area contributed by atoms with Gasteiger partial charge in [0.25, 0.3) is 0 Å². The van der Waals surface area contributed by atoms with E-state index in [9.17, 15) is 8.78 Å². The van der Waals surface area contributed by atoms with E-state index in [1.54, 1.807) is 0 Å². The molecule has 2 aliphatic rings. The van der Waals surface area contributed by atoms with E-state index in [1.165, 1.54) is 43.9 Å². The Morgan fingerprint density at radius 3 is 2.44 bits per heavy atom. The molecule has 2 saturated carbocycles. The van der Waals surface area contributed by atoms with Crippen LogP contribution < -0.4 is 4.74 Å². The van der Waals surface area contributed by atoms with Crippen molar-refractivity contribution < 1.29 is 13.5 Å². The zero-order valence-corrected chi connectivity index (χ0v) is 15.0. The third-order valence-electron chi connectivity index (χ3n) is 5.96. The summed E-state index contributed by atoms with van der Waals surface area (Å²) >= 11 is 0. The van der Waals surface area contributed by atoms with Gasteiger partial charge in [-0.2, -0.15) is 0 Å². The quantitative estimate of drug-likeness (QED) is 0.560. The van der Waals surface area contributed by atoms with Crippen molar-refractivity contribution in [1.82, 2.24) is 0 Å². The minimum atomic E-state index is -0.601. The van der Waals surface area contributed by atoms with Crippen LogP contribution in [-0.4, -0.2) is 6.61 Å². The van der Waals surface area contributed by atoms with Gasteiger partial charge in [-0.05, 0) is 86.8 Å². The fourth-order valence-corrected chi connectivity index (χ4v) is 4.77. The van der Waals surface area contributed by atoms with E-state index >= 15 is 0 Å². The van der Waals surface area contributed by atoms with Gasteiger partial charge in [-0.3, -0.25) is 0 Å². The van der Waals surface area contributed by atoms with Gasteiger partial charge in [-0.25, -0.2) is 8.78 Å². The number of rotatable bonds is 5. The Morgan fingerprint density at radius 1 is 1.08 bits per heavy atom. The van der Waals surface area contributed by atoms with E-state index in [0.29, 0.717) is 5.92 Å². The van der Waals surface area contributed by atoms with Crippen LogP contribution >= 0.6 is 0 Å². The lowest BCUT2D eigenvalue weighted by Gasteiger charge is -2.41. The zero-order chi connectivity index (χ0) is 17.8. The number of allylic oxidation sites excluding steroid dienone is 2. The highest BCUT2D eigenvalue weighted by molar-refractivity contribution is 5.33. The molecular formula is C22H28F2O. The highest BCUT2D eigenvalue weighted by Crippen LogP contribution is 2.48. The fourth-order valence-electron chi connectivity index (χ4n) is 4.77. The van der Waals surface area contributed by atoms with Crippen molar-refractivity contribution in [2.45, 2.75) is 51.4 Å². The second kappa shape index (κ2) is 8.16. The Morgan fingerprint density at radius 2 is 1.76 bits per heavy atom. The van der Waals surface area contributed by atoms with Gasteiger partial charge in [0.15, 0.2) is 17.4 Å². The van der Waals surface area contributed by atoms with E-state index in [1.807, 2.05) is 0 Å². The van der Waals surface area contributed by atoms with Crippen LogP contribution in [0.1, 0.15) is 56.9 Å². The van der Waals surface area contributed by atoms with Crippen LogP contribution in [0.3, 0.4) is 0 Å². The molecular weight excluding hydrogens is 318 g/mol. The fraction of sp³-hybridized carbons (Fsp3) is 0.545. The minimum absolute atomic E-state index is 0.105. The van der Waals surface area contributed by atoms with Crippen molar-refractivity contribution in [3.63, 3.8) is 0 Å². The Balaban J connectivity index is 1.69. The average Bonchev–Trinajstić information content (AvgIpc) is 2.61. The van der Waals surface area contributed by atoms with Gasteiger partial charge in [0.05, 0.1) is 0 Å². The Kier molecular flexibility index (Phi) is 5.93. The summed E-state index contributed by atoms with van der Waals surface area (Å²) in [6.07, 6.45) is 13.0. The summed E-state index contributed by atoms with van der Waals surface area (Å²) in [7, 11) is 0. The molecule has 0 N–H and O–H groups in total. The molecule has 1 aromatic carbocycles. The maximum atomic E-state index is 14.3. The van der Waals surface area contributed by atoms with Gasteiger partial charge in [0, 0.05) is 0 Å². The first-order valence-electron chi connectivity index (χ1n) is 9.47. The summed E-state index contributed by atoms with van der Waals surface area (Å²) in [5, 5.41) is 0. The van der Waals surface area contributed by atoms with Gasteiger partial charge >= 0.3 is 0 Å². The molecule has 3 heteroatoms. The summed E-state index contributed by atoms with van der Waals surface area (Å²) < 4.78 is 33.6. The average molecular weight is 346 g/mol. The molecule has 136 valence electrons. The molecule has 2 aliphatic carbocycles. The van der Waals surface area contributed by atoms with Crippen LogP contribution in [0.4, 0.5) is 8.78 Å². The third-order valence-corrected chi connectivity index (χ3v) is 5.96. The number of fused-ring (bicyclic) bond motifs is 1. The Bertz CT molecular complexity index is 614. The highest BCUT2D eigenvalue weighted by Gasteiger charge is 2.35. The monoisotopic (exact) mass is 346 g/mol. The molecule has 0 spiro atoms. The molecule has 0 heterocycles. The molecule has 2 fully saturated rings. The molecule has 0 bridgehead atoms. The van der Waals surface area contributed by atoms with E-state index in [4.69, 9.17) is 4.74 Å². The minimum Gasteiger partial charge on any atom is -0.483 e. The molecule has 1 nitrogen and oxygen atoms in total. The molecule has 0 saturated heterocycles. The van der Waals surface area contributed by atoms with Gasteiger partial charge in [0.2, 0.25) is 0 Å². The SMILES string of the molecule is C=CCOc1c(F)cc(C2CC[C@@H]3C[C@H](C=CC)CC[C@@H]3C2)cc1F. The predicted octanol–water partition coefficient (Wildman–Crippen LogP) is 6.41. The van der Waals surface area contributed by atoms with Gasteiger partial charge < -0.3 is 4.74 Å². The lowest BCUT2D eigenvalue weighted by Crippen LogP contribution is -2.30. The van der Waals surface area contributed by atoms with Crippen molar-refractivity contribution in [2.75, 3.05) is 6.61 Å². The first kappa shape index (κ1) is 18.2. The molecule has 0 radical (unpaired) electrons. The van der Waals surface area contributed by atoms with E-state index in [-0.39, 0.29) is 18.3 Å². The third kappa shape index (κ3) is 4.13. The smallest absolute Gasteiger partial charge is 0.191 e. The van der Waals surface area contributed by atoms with Crippen LogP contribution in [0.2, 0.25) is 0 Å². The zero-order valence-electron chi connectivity index (χ0n) is 15.0. The normalized spacial score (nSPS) is 29.4. The largest absolute Gasteiger partial charge is 0.483 e. The van der Waals surface area contributed by atoms with E-state index in [2.05, 4.69) is 25.7 Å². The predicted molar refractivity (Wildman–Crippen MR) is 97.8 cm³/mol. The second-order valence-corrected chi connectivity index (χ2v) is 7.54. The summed E-state index contributed by atoms with van der Waals surface area (Å²) in [5.74, 6) is 0.964. The van der Waals surface area contributed by atoms with E-state index in [0.717, 1.165) is 30.2 Å². The molecule has 3 rings (SSSR count). The summed E-state index contributed by atoms with van der Waals surface area (Å²) in [5.41, 5.74) is 0.787. The lowest BCUT2D eigenvalue weighted by atomic mass is 9.64. The molecule has 1 unspecified atom stereocenters. The first-order valence-corrected chi connectivity index (χ1v) is 9.47. The van der Waals surface area contributed by atoms with Gasteiger partial charge in [-0.1, -0.05) is 24.8 Å². The topological polar surface area (TPSA) is 9.23 Å². The first-order chi connectivity index (χ1) is 12.1. The maximum Gasteiger partial charge on any atom is 0.191 e. The van der Waals surface area contributed by atoms with Gasteiger partial charge in [0.1, 0.15) is 6.61 Å². The Hall–Kier alpha value is -1.64. The lowest BCUT2D eigenvalue weighted by molar-refractivity contribution is 0.133. The standard InChI is InChI=1S/C22H28F2O/c1-3-5-15-6-7-17-12-18(9-8-16(17)11-15)19-13-20(23)22(21(24)14-19)25-10-4-2/h3-5,13-18H,2,6-12H2,1H3/t15-,16-,17-,18?/m1/s1. The molecule has 0 amide bonds. The van der Waals surface area contributed by atoms with Crippen LogP contribution in [0.25, 0.3) is 0 Å². The number of halogens is 2. The molecule has 25 heavy (non-hydrogen) atoms. The molecule has 0 aliphatic heterocycles. The van der Waals surface area contributed by atoms with Crippen molar-refractivity contribution in [3.8, 4) is 5.75 Å². The number of hydrogen-bond acceptors (Lipinski definition) is 1. The van der Waals surface area contributed by atoms with Crippen molar-refractivity contribution in [1.29, 1.82) is 0 Å². The van der Waals surface area contributed by atoms with Crippen LogP contribution in [-0.2, 0) is 0 Å². The molecule has 1 aromatic rings. The Labute approximate surface area is 149 Å². The summed E-state index contributed by atoms with van der Waals surface area (Å²) in [6.45, 7) is 5.70. The summed E-state index contributed by atoms with van der Waals surface area (Å²) in [4.78, 5) is 0. The number of ether oxygens (including phenoxy) is 1. The van der Waals surface area contributed by atoms with Crippen molar-refractivity contribution in [3.05, 3.63) is 54.1 Å². The summed E-state index contributed by atoms with van der Waals surface area (Å²) in [6, 6.07) is 2.94. The molecule has 0 aromatic heterocycles. The van der Waals surface area contributed by atoms with E-state index < -0.39 is 11.6 Å². The highest BCUT2D eigenvalue weighted by atomic mass is 19.1. The second-order valence-electron chi connectivity index (χ2n) is 7.54. The van der Waals surface area contributed by atoms with Crippen LogP contribution in [0, 0.1) is 29.4 Å². The molecule has 4 atom stereocenters. The number of benzene rings is 1. The van der Waals surface area contributed by atoms with Gasteiger partial charge in [-0.15, -0.1) is 0 Å². The van der Waals surface area contributed by atoms with Crippen molar-refractivity contribution >= 4 is 0 Å². The van der Waals surface area contributed by atoms with Crippen LogP contribution in [0.5, 0.6) is 5.75 Å². The maximum absolute atomic E-state index is 14.3. The van der Waals surface area contributed by atoms with Crippen LogP contribution in [0.15, 0.2) is 36.9 Å². The number of hydrogen-bond donors (Lipinski definition) is 0.